The highest BCUT2D eigenvalue weighted by atomic mass is 32.1. The number of thiophene rings is 1. The fourth-order valence-electron chi connectivity index (χ4n) is 1.23. The molecule has 0 unspecified atom stereocenters. The SMILES string of the molecule is O=C(O)c1cc(F)cnc1OCc1cccs1. The number of ether oxygens (including phenoxy) is 1. The van der Waals surface area contributed by atoms with Crippen LogP contribution >= 0.6 is 11.3 Å². The molecule has 4 nitrogen and oxygen atoms in total. The molecule has 0 aliphatic heterocycles. The molecular weight excluding hydrogens is 245 g/mol. The van der Waals surface area contributed by atoms with Crippen molar-refractivity contribution in [3.05, 3.63) is 46.0 Å². The van der Waals surface area contributed by atoms with Crippen LogP contribution in [0.4, 0.5) is 4.39 Å². The average Bonchev–Trinajstić information content (AvgIpc) is 2.80. The monoisotopic (exact) mass is 253 g/mol. The molecule has 1 N–H and O–H groups in total. The molecular formula is C11H8FNO3S. The van der Waals surface area contributed by atoms with E-state index >= 15 is 0 Å². The van der Waals surface area contributed by atoms with Crippen LogP contribution in [0.2, 0.25) is 0 Å². The van der Waals surface area contributed by atoms with E-state index in [0.717, 1.165) is 17.1 Å². The van der Waals surface area contributed by atoms with Crippen molar-refractivity contribution in [2.24, 2.45) is 0 Å². The Hall–Kier alpha value is -1.95. The molecule has 0 saturated heterocycles. The smallest absolute Gasteiger partial charge is 0.341 e. The zero-order valence-corrected chi connectivity index (χ0v) is 9.41. The van der Waals surface area contributed by atoms with Crippen molar-refractivity contribution in [1.29, 1.82) is 0 Å². The highest BCUT2D eigenvalue weighted by molar-refractivity contribution is 7.09. The van der Waals surface area contributed by atoms with Crippen LogP contribution in [0.3, 0.4) is 0 Å². The van der Waals surface area contributed by atoms with Gasteiger partial charge in [-0.15, -0.1) is 11.3 Å². The molecule has 2 aromatic rings. The first-order chi connectivity index (χ1) is 8.16. The van der Waals surface area contributed by atoms with Gasteiger partial charge in [0.05, 0.1) is 6.20 Å². The molecule has 88 valence electrons. The average molecular weight is 253 g/mol. The van der Waals surface area contributed by atoms with E-state index in [1.807, 2.05) is 17.5 Å². The molecule has 2 heterocycles. The third kappa shape index (κ3) is 2.79. The summed E-state index contributed by atoms with van der Waals surface area (Å²) in [5.74, 6) is -2.05. The number of aromatic nitrogens is 1. The van der Waals surface area contributed by atoms with Crippen molar-refractivity contribution < 1.29 is 19.0 Å². The number of aromatic carboxylic acids is 1. The van der Waals surface area contributed by atoms with Gasteiger partial charge in [-0.2, -0.15) is 0 Å². The minimum absolute atomic E-state index is 0.0766. The van der Waals surface area contributed by atoms with E-state index in [1.54, 1.807) is 0 Å². The van der Waals surface area contributed by atoms with E-state index < -0.39 is 11.8 Å². The highest BCUT2D eigenvalue weighted by Gasteiger charge is 2.14. The van der Waals surface area contributed by atoms with E-state index in [2.05, 4.69) is 4.98 Å². The summed E-state index contributed by atoms with van der Waals surface area (Å²) in [7, 11) is 0. The van der Waals surface area contributed by atoms with Gasteiger partial charge in [0.1, 0.15) is 18.0 Å². The number of hydrogen-bond donors (Lipinski definition) is 1. The second-order valence-electron chi connectivity index (χ2n) is 3.18. The molecule has 0 radical (unpaired) electrons. The summed E-state index contributed by atoms with van der Waals surface area (Å²) in [5, 5.41) is 10.7. The first-order valence-corrected chi connectivity index (χ1v) is 5.59. The Morgan fingerprint density at radius 3 is 3.06 bits per heavy atom. The Balaban J connectivity index is 2.17. The predicted molar refractivity (Wildman–Crippen MR) is 59.8 cm³/mol. The van der Waals surface area contributed by atoms with Crippen molar-refractivity contribution in [3.63, 3.8) is 0 Å². The Morgan fingerprint density at radius 2 is 2.41 bits per heavy atom. The molecule has 2 aromatic heterocycles. The van der Waals surface area contributed by atoms with E-state index in [-0.39, 0.29) is 18.1 Å². The van der Waals surface area contributed by atoms with Gasteiger partial charge in [-0.25, -0.2) is 14.2 Å². The van der Waals surface area contributed by atoms with Crippen molar-refractivity contribution in [2.75, 3.05) is 0 Å². The van der Waals surface area contributed by atoms with Gasteiger partial charge < -0.3 is 9.84 Å². The van der Waals surface area contributed by atoms with E-state index in [9.17, 15) is 9.18 Å². The summed E-state index contributed by atoms with van der Waals surface area (Å²) in [6, 6.07) is 4.60. The molecule has 0 fully saturated rings. The number of carboxylic acids is 1. The second kappa shape index (κ2) is 4.92. The van der Waals surface area contributed by atoms with Gasteiger partial charge in [-0.3, -0.25) is 0 Å². The Bertz CT molecular complexity index is 528. The first-order valence-electron chi connectivity index (χ1n) is 4.71. The van der Waals surface area contributed by atoms with Crippen LogP contribution in [-0.2, 0) is 6.61 Å². The van der Waals surface area contributed by atoms with Crippen LogP contribution in [0.1, 0.15) is 15.2 Å². The second-order valence-corrected chi connectivity index (χ2v) is 4.21. The summed E-state index contributed by atoms with van der Waals surface area (Å²) in [6.45, 7) is 0.219. The summed E-state index contributed by atoms with van der Waals surface area (Å²) in [6.07, 6.45) is 0.927. The normalized spacial score (nSPS) is 10.2. The highest BCUT2D eigenvalue weighted by Crippen LogP contribution is 2.18. The number of rotatable bonds is 4. The lowest BCUT2D eigenvalue weighted by Crippen LogP contribution is -2.05. The van der Waals surface area contributed by atoms with Crippen molar-refractivity contribution >= 4 is 17.3 Å². The van der Waals surface area contributed by atoms with Gasteiger partial charge in [-0.1, -0.05) is 6.07 Å². The molecule has 0 spiro atoms. The Morgan fingerprint density at radius 1 is 1.59 bits per heavy atom. The van der Waals surface area contributed by atoms with Gasteiger partial charge >= 0.3 is 5.97 Å². The number of pyridine rings is 1. The molecule has 0 aliphatic rings. The van der Waals surface area contributed by atoms with Crippen LogP contribution in [0, 0.1) is 5.82 Å². The van der Waals surface area contributed by atoms with Crippen LogP contribution in [0.25, 0.3) is 0 Å². The van der Waals surface area contributed by atoms with Gasteiger partial charge in [0, 0.05) is 4.88 Å². The molecule has 17 heavy (non-hydrogen) atoms. The lowest BCUT2D eigenvalue weighted by molar-refractivity contribution is 0.0690. The molecule has 0 bridgehead atoms. The molecule has 0 aliphatic carbocycles. The van der Waals surface area contributed by atoms with E-state index in [4.69, 9.17) is 9.84 Å². The number of halogens is 1. The lowest BCUT2D eigenvalue weighted by atomic mass is 10.3. The zero-order valence-electron chi connectivity index (χ0n) is 8.59. The minimum atomic E-state index is -1.27. The standard InChI is InChI=1S/C11H8FNO3S/c12-7-4-9(11(14)15)10(13-5-7)16-6-8-2-1-3-17-8/h1-5H,6H2,(H,14,15). The third-order valence-electron chi connectivity index (χ3n) is 1.98. The van der Waals surface area contributed by atoms with Crippen molar-refractivity contribution in [1.82, 2.24) is 4.98 Å². The number of carbonyl (C=O) groups is 1. The maximum atomic E-state index is 12.8. The summed E-state index contributed by atoms with van der Waals surface area (Å²) in [4.78, 5) is 15.4. The Labute approximate surface area is 100 Å². The van der Waals surface area contributed by atoms with Gasteiger partial charge in [0.15, 0.2) is 0 Å². The maximum Gasteiger partial charge on any atom is 0.341 e. The minimum Gasteiger partial charge on any atom is -0.477 e. The van der Waals surface area contributed by atoms with Crippen LogP contribution in [0.15, 0.2) is 29.8 Å². The maximum absolute atomic E-state index is 12.8. The number of carboxylic acid groups (broad SMARTS) is 1. The van der Waals surface area contributed by atoms with Crippen molar-refractivity contribution in [2.45, 2.75) is 6.61 Å². The fraction of sp³-hybridized carbons (Fsp3) is 0.0909. The number of nitrogens with zero attached hydrogens (tertiary/aromatic N) is 1. The van der Waals surface area contributed by atoms with E-state index in [1.165, 1.54) is 11.3 Å². The van der Waals surface area contributed by atoms with E-state index in [0.29, 0.717) is 0 Å². The summed E-state index contributed by atoms with van der Waals surface area (Å²) in [5.41, 5.74) is -0.276. The topological polar surface area (TPSA) is 59.4 Å². The van der Waals surface area contributed by atoms with Crippen LogP contribution in [0.5, 0.6) is 5.88 Å². The van der Waals surface area contributed by atoms with Gasteiger partial charge in [0.2, 0.25) is 5.88 Å². The predicted octanol–water partition coefficient (Wildman–Crippen LogP) is 2.56. The molecule has 0 atom stereocenters. The van der Waals surface area contributed by atoms with Gasteiger partial charge in [0.25, 0.3) is 0 Å². The lowest BCUT2D eigenvalue weighted by Gasteiger charge is -2.06. The van der Waals surface area contributed by atoms with Gasteiger partial charge in [-0.05, 0) is 17.5 Å². The Kier molecular flexibility index (Phi) is 3.34. The molecule has 0 aromatic carbocycles. The summed E-state index contributed by atoms with van der Waals surface area (Å²) < 4.78 is 18.1. The summed E-state index contributed by atoms with van der Waals surface area (Å²) >= 11 is 1.49. The zero-order chi connectivity index (χ0) is 12.3. The fourth-order valence-corrected chi connectivity index (χ4v) is 1.85. The molecule has 0 amide bonds. The van der Waals surface area contributed by atoms with Crippen LogP contribution < -0.4 is 4.74 Å². The molecule has 0 saturated carbocycles. The molecule has 2 rings (SSSR count). The largest absolute Gasteiger partial charge is 0.477 e. The molecule has 6 heteroatoms. The van der Waals surface area contributed by atoms with Crippen molar-refractivity contribution in [3.8, 4) is 5.88 Å². The third-order valence-corrected chi connectivity index (χ3v) is 2.83. The quantitative estimate of drug-likeness (QED) is 0.909. The first kappa shape index (κ1) is 11.5. The number of hydrogen-bond acceptors (Lipinski definition) is 4. The van der Waals surface area contributed by atoms with Crippen LogP contribution in [-0.4, -0.2) is 16.1 Å².